The molecule has 1 aromatic carbocycles. The highest BCUT2D eigenvalue weighted by Gasteiger charge is 2.38. The lowest BCUT2D eigenvalue weighted by Gasteiger charge is -2.35. The average molecular weight is 483 g/mol. The van der Waals surface area contributed by atoms with Gasteiger partial charge in [-0.05, 0) is 47.2 Å². The van der Waals surface area contributed by atoms with Gasteiger partial charge in [0.05, 0.1) is 0 Å². The van der Waals surface area contributed by atoms with E-state index in [1.807, 2.05) is 35.7 Å². The second kappa shape index (κ2) is 10.2. The third-order valence-corrected chi connectivity index (χ3v) is 6.56. The number of hydrogen-bond donors (Lipinski definition) is 1. The summed E-state index contributed by atoms with van der Waals surface area (Å²) < 4.78 is 12.0. The highest BCUT2D eigenvalue weighted by Crippen LogP contribution is 2.39. The molecule has 1 fully saturated rings. The Bertz CT molecular complexity index is 819. The molecular formula is C20H23BrN2O5S. The number of benzene rings is 1. The topological polar surface area (TPSA) is 89.0 Å². The summed E-state index contributed by atoms with van der Waals surface area (Å²) in [5, 5.41) is 11.7. The molecule has 9 heteroatoms. The first-order valence-corrected chi connectivity index (χ1v) is 11.1. The molecule has 1 saturated heterocycles. The first-order chi connectivity index (χ1) is 14.0. The summed E-state index contributed by atoms with van der Waals surface area (Å²) in [6.45, 7) is 0.922. The van der Waals surface area contributed by atoms with E-state index in [0.717, 1.165) is 10.6 Å². The third-order valence-electron chi connectivity index (χ3n) is 4.82. The molecule has 1 aliphatic rings. The number of ether oxygens (including phenoxy) is 2. The van der Waals surface area contributed by atoms with E-state index < -0.39 is 11.6 Å². The van der Waals surface area contributed by atoms with E-state index in [1.54, 1.807) is 4.90 Å². The Morgan fingerprint density at radius 1 is 1.21 bits per heavy atom. The maximum absolute atomic E-state index is 12.5. The minimum absolute atomic E-state index is 0.245. The van der Waals surface area contributed by atoms with Gasteiger partial charge in [-0.3, -0.25) is 0 Å². The van der Waals surface area contributed by atoms with Crippen LogP contribution < -0.4 is 0 Å². The molecule has 0 spiro atoms. The predicted octanol–water partition coefficient (Wildman–Crippen LogP) is 4.41. The van der Waals surface area contributed by atoms with Crippen LogP contribution in [-0.4, -0.2) is 46.7 Å². The number of carboxylic acids is 1. The molecule has 1 aromatic heterocycles. The van der Waals surface area contributed by atoms with E-state index in [4.69, 9.17) is 14.6 Å². The largest absolute Gasteiger partial charge is 0.480 e. The molecule has 1 aliphatic heterocycles. The van der Waals surface area contributed by atoms with Gasteiger partial charge in [0.2, 0.25) is 0 Å². The number of thiazole rings is 1. The van der Waals surface area contributed by atoms with Gasteiger partial charge in [-0.15, -0.1) is 11.3 Å². The fourth-order valence-electron chi connectivity index (χ4n) is 3.42. The summed E-state index contributed by atoms with van der Waals surface area (Å²) in [6.07, 6.45) is 2.17. The number of carboxylic acid groups (broad SMARTS) is 1. The van der Waals surface area contributed by atoms with Crippen LogP contribution in [0.5, 0.6) is 0 Å². The number of aliphatic carboxylic acids is 1. The lowest BCUT2D eigenvalue weighted by molar-refractivity contribution is -0.152. The maximum Gasteiger partial charge on any atom is 0.410 e. The van der Waals surface area contributed by atoms with Crippen molar-refractivity contribution in [1.82, 2.24) is 9.88 Å². The number of aromatic nitrogens is 1. The van der Waals surface area contributed by atoms with Gasteiger partial charge < -0.3 is 19.5 Å². The van der Waals surface area contributed by atoms with Gasteiger partial charge in [-0.2, -0.15) is 0 Å². The van der Waals surface area contributed by atoms with Crippen LogP contribution in [-0.2, 0) is 26.5 Å². The first kappa shape index (κ1) is 21.7. The Kier molecular flexibility index (Phi) is 7.63. The summed E-state index contributed by atoms with van der Waals surface area (Å²) >= 11 is 4.82. The zero-order valence-electron chi connectivity index (χ0n) is 15.9. The molecule has 0 unspecified atom stereocenters. The molecule has 3 rings (SSSR count). The van der Waals surface area contributed by atoms with E-state index in [2.05, 4.69) is 20.9 Å². The number of amides is 1. The Morgan fingerprint density at radius 3 is 2.48 bits per heavy atom. The molecule has 0 atom stereocenters. The molecule has 7 nitrogen and oxygen atoms in total. The van der Waals surface area contributed by atoms with Crippen LogP contribution in [0, 0.1) is 0 Å². The summed E-state index contributed by atoms with van der Waals surface area (Å²) in [6, 6.07) is 9.57. The van der Waals surface area contributed by atoms with Crippen molar-refractivity contribution in [3.63, 3.8) is 0 Å². The molecule has 1 amide bonds. The highest BCUT2D eigenvalue weighted by molar-refractivity contribution is 9.10. The van der Waals surface area contributed by atoms with Crippen molar-refractivity contribution in [3.8, 4) is 0 Å². The Morgan fingerprint density at radius 2 is 1.90 bits per heavy atom. The molecule has 2 heterocycles. The average Bonchev–Trinajstić information content (AvgIpc) is 3.13. The molecule has 1 N–H and O–H groups in total. The summed E-state index contributed by atoms with van der Waals surface area (Å²) in [5.41, 5.74) is 0.207. The smallest absolute Gasteiger partial charge is 0.410 e. The number of rotatable bonds is 6. The number of hydrogen-bond acceptors (Lipinski definition) is 6. The van der Waals surface area contributed by atoms with Gasteiger partial charge >= 0.3 is 12.1 Å². The second-order valence-corrected chi connectivity index (χ2v) is 8.56. The Balaban J connectivity index is 1.61. The fourth-order valence-corrected chi connectivity index (χ4v) is 4.89. The number of carbonyl (C=O) groups is 2. The zero-order chi connectivity index (χ0) is 20.7. The minimum atomic E-state index is -1.01. The lowest BCUT2D eigenvalue weighted by Crippen LogP contribution is -2.40. The molecule has 2 aromatic rings. The van der Waals surface area contributed by atoms with Crippen molar-refractivity contribution in [2.24, 2.45) is 0 Å². The minimum Gasteiger partial charge on any atom is -0.480 e. The van der Waals surface area contributed by atoms with Crippen LogP contribution in [0.15, 0.2) is 40.3 Å². The molecular weight excluding hydrogens is 460 g/mol. The van der Waals surface area contributed by atoms with Crippen LogP contribution in [0.2, 0.25) is 0 Å². The van der Waals surface area contributed by atoms with Crippen LogP contribution in [0.25, 0.3) is 0 Å². The fraction of sp³-hybridized carbons (Fsp3) is 0.450. The van der Waals surface area contributed by atoms with Crippen molar-refractivity contribution >= 4 is 39.3 Å². The Hall–Kier alpha value is -1.97. The quantitative estimate of drug-likeness (QED) is 0.655. The monoisotopic (exact) mass is 482 g/mol. The molecule has 0 saturated carbocycles. The van der Waals surface area contributed by atoms with E-state index in [1.165, 1.54) is 11.3 Å². The molecule has 0 bridgehead atoms. The molecule has 0 radical (unpaired) electrons. The van der Waals surface area contributed by atoms with Gasteiger partial charge in [-0.25, -0.2) is 14.6 Å². The van der Waals surface area contributed by atoms with Crippen LogP contribution in [0.4, 0.5) is 4.79 Å². The lowest BCUT2D eigenvalue weighted by atomic mass is 9.90. The van der Waals surface area contributed by atoms with Crippen LogP contribution in [0.1, 0.15) is 36.3 Å². The number of nitrogens with zero attached hydrogens (tertiary/aromatic N) is 2. The van der Waals surface area contributed by atoms with Gasteiger partial charge in [-0.1, -0.05) is 30.3 Å². The number of halogens is 1. The third kappa shape index (κ3) is 6.01. The number of likely N-dealkylation sites (tertiary alicyclic amines) is 1. The first-order valence-electron chi connectivity index (χ1n) is 9.41. The van der Waals surface area contributed by atoms with E-state index in [9.17, 15) is 9.59 Å². The van der Waals surface area contributed by atoms with Crippen molar-refractivity contribution in [2.45, 2.75) is 37.9 Å². The summed E-state index contributed by atoms with van der Waals surface area (Å²) in [4.78, 5) is 29.7. The van der Waals surface area contributed by atoms with Gasteiger partial charge in [0.15, 0.2) is 0 Å². The van der Waals surface area contributed by atoms with Gasteiger partial charge in [0, 0.05) is 18.5 Å². The van der Waals surface area contributed by atoms with Crippen molar-refractivity contribution in [2.75, 3.05) is 19.7 Å². The van der Waals surface area contributed by atoms with Crippen molar-refractivity contribution in [3.05, 3.63) is 50.9 Å². The Labute approximate surface area is 181 Å². The summed E-state index contributed by atoms with van der Waals surface area (Å²) in [5.74, 6) is -1.01. The SMILES string of the molecule is O=C(O)COC1(c2nc(Br)cs2)CCCN(C(=O)OCc2ccccc2)CCC1. The van der Waals surface area contributed by atoms with Crippen LogP contribution in [0.3, 0.4) is 0 Å². The zero-order valence-corrected chi connectivity index (χ0v) is 18.3. The highest BCUT2D eigenvalue weighted by atomic mass is 79.9. The molecule has 156 valence electrons. The van der Waals surface area contributed by atoms with E-state index >= 15 is 0 Å². The van der Waals surface area contributed by atoms with Gasteiger partial charge in [0.1, 0.15) is 28.4 Å². The molecule has 0 aliphatic carbocycles. The van der Waals surface area contributed by atoms with E-state index in [-0.39, 0.29) is 19.3 Å². The van der Waals surface area contributed by atoms with Crippen molar-refractivity contribution < 1.29 is 24.2 Å². The number of carbonyl (C=O) groups excluding carboxylic acids is 1. The normalized spacial score (nSPS) is 16.7. The van der Waals surface area contributed by atoms with Crippen molar-refractivity contribution in [1.29, 1.82) is 0 Å². The standard InChI is InChI=1S/C20H23BrN2O5S/c21-16-14-29-18(22-16)20(28-13-17(24)25)8-4-10-23(11-5-9-20)19(26)27-12-15-6-2-1-3-7-15/h1-3,6-7,14H,4-5,8-13H2,(H,24,25). The predicted molar refractivity (Wildman–Crippen MR) is 112 cm³/mol. The van der Waals surface area contributed by atoms with E-state index in [0.29, 0.717) is 43.4 Å². The summed E-state index contributed by atoms with van der Waals surface area (Å²) in [7, 11) is 0. The van der Waals surface area contributed by atoms with Crippen LogP contribution >= 0.6 is 27.3 Å². The molecule has 29 heavy (non-hydrogen) atoms. The van der Waals surface area contributed by atoms with Gasteiger partial charge in [0.25, 0.3) is 0 Å². The maximum atomic E-state index is 12.5. The second-order valence-electron chi connectivity index (χ2n) is 6.89.